The van der Waals surface area contributed by atoms with Crippen LogP contribution in [0.1, 0.15) is 6.42 Å². The molecule has 0 radical (unpaired) electrons. The molecule has 2 aliphatic rings. The van der Waals surface area contributed by atoms with Gasteiger partial charge in [0.1, 0.15) is 17.6 Å². The van der Waals surface area contributed by atoms with Crippen molar-refractivity contribution in [1.29, 1.82) is 0 Å². The maximum atomic E-state index is 13.7. The maximum absolute atomic E-state index is 13.7. The molecule has 2 aliphatic heterocycles. The Balaban J connectivity index is 1.53. The average molecular weight is 358 g/mol. The summed E-state index contributed by atoms with van der Waals surface area (Å²) in [4.78, 5) is 3.37. The third-order valence-corrected chi connectivity index (χ3v) is 6.75. The Labute approximate surface area is 141 Å². The fraction of sp³-hybridized carbons (Fsp3) is 0.533. The summed E-state index contributed by atoms with van der Waals surface area (Å²) in [5.74, 6) is 0.300. The van der Waals surface area contributed by atoms with Crippen LogP contribution >= 0.6 is 12.2 Å². The van der Waals surface area contributed by atoms with Crippen LogP contribution in [-0.2, 0) is 9.84 Å². The molecule has 0 amide bonds. The third kappa shape index (κ3) is 3.99. The number of thiocarbonyl (C=S) groups is 1. The molecule has 3 rings (SSSR count). The molecule has 2 N–H and O–H groups in total. The fourth-order valence-electron chi connectivity index (χ4n) is 3.28. The monoisotopic (exact) mass is 358 g/mol. The van der Waals surface area contributed by atoms with Crippen LogP contribution in [0, 0.1) is 5.82 Å². The first kappa shape index (κ1) is 16.6. The number of piperazine rings is 1. The van der Waals surface area contributed by atoms with E-state index in [4.69, 9.17) is 12.2 Å². The van der Waals surface area contributed by atoms with Crippen LogP contribution in [0.2, 0.25) is 0 Å². The largest absolute Gasteiger partial charge is 0.338 e. The van der Waals surface area contributed by atoms with E-state index in [1.807, 2.05) is 4.90 Å². The van der Waals surface area contributed by atoms with E-state index in [2.05, 4.69) is 5.32 Å². The van der Waals surface area contributed by atoms with Gasteiger partial charge in [0.2, 0.25) is 0 Å². The quantitative estimate of drug-likeness (QED) is 0.724. The predicted octanol–water partition coefficient (Wildman–Crippen LogP) is -0.0899. The van der Waals surface area contributed by atoms with Crippen LogP contribution in [0.15, 0.2) is 24.3 Å². The van der Waals surface area contributed by atoms with Crippen molar-refractivity contribution >= 4 is 32.9 Å². The van der Waals surface area contributed by atoms with E-state index in [0.717, 1.165) is 32.6 Å². The molecule has 2 heterocycles. The van der Waals surface area contributed by atoms with E-state index < -0.39 is 9.84 Å². The number of hydrogen-bond acceptors (Lipinski definition) is 3. The molecular formula is C15H21FN3O2S2+. The molecule has 1 aromatic carbocycles. The number of sulfone groups is 1. The summed E-state index contributed by atoms with van der Waals surface area (Å²) in [6, 6.07) is 6.67. The van der Waals surface area contributed by atoms with Crippen molar-refractivity contribution < 1.29 is 17.7 Å². The van der Waals surface area contributed by atoms with Gasteiger partial charge in [-0.1, -0.05) is 12.1 Å². The molecule has 8 heteroatoms. The summed E-state index contributed by atoms with van der Waals surface area (Å²) in [5.41, 5.74) is 0.383. The number of anilines is 1. The molecule has 0 aliphatic carbocycles. The van der Waals surface area contributed by atoms with E-state index in [-0.39, 0.29) is 11.9 Å². The van der Waals surface area contributed by atoms with Gasteiger partial charge in [0.25, 0.3) is 0 Å². The van der Waals surface area contributed by atoms with Crippen molar-refractivity contribution in [2.24, 2.45) is 0 Å². The lowest BCUT2D eigenvalue weighted by Gasteiger charge is -2.36. The normalized spacial score (nSPS) is 24.6. The summed E-state index contributed by atoms with van der Waals surface area (Å²) in [6.07, 6.45) is 0.760. The number of nitrogens with zero attached hydrogens (tertiary/aromatic N) is 1. The van der Waals surface area contributed by atoms with Gasteiger partial charge in [0.15, 0.2) is 14.9 Å². The SMILES string of the molecule is O=S1(=O)CC[C@H]([NH+]2CCN(C(=S)Nc3ccccc3F)CC2)C1. The van der Waals surface area contributed by atoms with Crippen molar-refractivity contribution in [2.75, 3.05) is 43.0 Å². The lowest BCUT2D eigenvalue weighted by atomic mass is 10.2. The Morgan fingerprint density at radius 1 is 1.30 bits per heavy atom. The highest BCUT2D eigenvalue weighted by molar-refractivity contribution is 7.91. The number of para-hydroxylation sites is 1. The molecule has 0 saturated carbocycles. The van der Waals surface area contributed by atoms with Crippen molar-refractivity contribution in [3.8, 4) is 0 Å². The number of halogens is 1. The minimum atomic E-state index is -2.83. The molecule has 0 spiro atoms. The van der Waals surface area contributed by atoms with Gasteiger partial charge in [-0.05, 0) is 24.4 Å². The molecular weight excluding hydrogens is 337 g/mol. The minimum Gasteiger partial charge on any atom is -0.338 e. The third-order valence-electron chi connectivity index (χ3n) is 4.62. The van der Waals surface area contributed by atoms with Gasteiger partial charge in [-0.15, -0.1) is 0 Å². The molecule has 23 heavy (non-hydrogen) atoms. The van der Waals surface area contributed by atoms with E-state index >= 15 is 0 Å². The van der Waals surface area contributed by atoms with E-state index in [0.29, 0.717) is 22.3 Å². The Morgan fingerprint density at radius 3 is 2.61 bits per heavy atom. The van der Waals surface area contributed by atoms with Crippen molar-refractivity contribution in [2.45, 2.75) is 12.5 Å². The standard InChI is InChI=1S/C15H20FN3O2S2/c16-13-3-1-2-4-14(13)17-15(22)19-8-6-18(7-9-19)12-5-10-23(20,21)11-12/h1-4,12H,5-11H2,(H,17,22)/p+1/t12-/m0/s1. The average Bonchev–Trinajstić information content (AvgIpc) is 2.90. The van der Waals surface area contributed by atoms with Gasteiger partial charge in [-0.3, -0.25) is 0 Å². The van der Waals surface area contributed by atoms with Crippen LogP contribution in [0.3, 0.4) is 0 Å². The zero-order valence-corrected chi connectivity index (χ0v) is 14.4. The van der Waals surface area contributed by atoms with E-state index in [9.17, 15) is 12.8 Å². The second-order valence-corrected chi connectivity index (χ2v) is 8.77. The molecule has 1 atom stereocenters. The lowest BCUT2D eigenvalue weighted by Crippen LogP contribution is -3.18. The fourth-order valence-corrected chi connectivity index (χ4v) is 5.40. The Bertz CT molecular complexity index is 688. The summed E-state index contributed by atoms with van der Waals surface area (Å²) in [7, 11) is -2.83. The zero-order chi connectivity index (χ0) is 16.4. The van der Waals surface area contributed by atoms with Crippen LogP contribution in [0.4, 0.5) is 10.1 Å². The topological polar surface area (TPSA) is 53.9 Å². The van der Waals surface area contributed by atoms with Crippen molar-refractivity contribution in [3.05, 3.63) is 30.1 Å². The summed E-state index contributed by atoms with van der Waals surface area (Å²) >= 11 is 5.37. The molecule has 5 nitrogen and oxygen atoms in total. The predicted molar refractivity (Wildman–Crippen MR) is 91.9 cm³/mol. The van der Waals surface area contributed by atoms with Gasteiger partial charge in [-0.2, -0.15) is 0 Å². The summed E-state index contributed by atoms with van der Waals surface area (Å²) in [5, 5.41) is 3.48. The molecule has 2 fully saturated rings. The first-order valence-corrected chi connectivity index (χ1v) is 10.0. The molecule has 2 saturated heterocycles. The first-order chi connectivity index (χ1) is 10.9. The highest BCUT2D eigenvalue weighted by Crippen LogP contribution is 2.13. The van der Waals surface area contributed by atoms with Gasteiger partial charge < -0.3 is 15.1 Å². The Morgan fingerprint density at radius 2 is 2.00 bits per heavy atom. The van der Waals surface area contributed by atoms with Crippen LogP contribution in [0.5, 0.6) is 0 Å². The van der Waals surface area contributed by atoms with E-state index in [1.54, 1.807) is 18.2 Å². The highest BCUT2D eigenvalue weighted by Gasteiger charge is 2.37. The molecule has 1 aromatic rings. The van der Waals surface area contributed by atoms with Gasteiger partial charge in [0.05, 0.1) is 37.6 Å². The van der Waals surface area contributed by atoms with Crippen LogP contribution in [-0.4, -0.2) is 62.2 Å². The number of quaternary nitrogens is 1. The van der Waals surface area contributed by atoms with Gasteiger partial charge in [-0.25, -0.2) is 12.8 Å². The molecule has 0 aromatic heterocycles. The van der Waals surface area contributed by atoms with Gasteiger partial charge in [0, 0.05) is 6.42 Å². The zero-order valence-electron chi connectivity index (χ0n) is 12.8. The Hall–Kier alpha value is -1.25. The minimum absolute atomic E-state index is 0.218. The molecule has 0 bridgehead atoms. The summed E-state index contributed by atoms with van der Waals surface area (Å²) in [6.45, 7) is 3.23. The lowest BCUT2D eigenvalue weighted by molar-refractivity contribution is -0.925. The van der Waals surface area contributed by atoms with Crippen LogP contribution in [0.25, 0.3) is 0 Å². The second-order valence-electron chi connectivity index (χ2n) is 6.16. The van der Waals surface area contributed by atoms with Crippen molar-refractivity contribution in [1.82, 2.24) is 4.90 Å². The van der Waals surface area contributed by atoms with Crippen molar-refractivity contribution in [3.63, 3.8) is 0 Å². The van der Waals surface area contributed by atoms with Gasteiger partial charge >= 0.3 is 0 Å². The number of rotatable bonds is 2. The maximum Gasteiger partial charge on any atom is 0.173 e. The van der Waals surface area contributed by atoms with Crippen LogP contribution < -0.4 is 10.2 Å². The first-order valence-electron chi connectivity index (χ1n) is 7.80. The summed E-state index contributed by atoms with van der Waals surface area (Å²) < 4.78 is 36.9. The second kappa shape index (κ2) is 6.70. The Kier molecular flexibility index (Phi) is 4.84. The highest BCUT2D eigenvalue weighted by atomic mass is 32.2. The number of hydrogen-bond donors (Lipinski definition) is 2. The van der Waals surface area contributed by atoms with E-state index in [1.165, 1.54) is 11.0 Å². The smallest absolute Gasteiger partial charge is 0.173 e. The molecule has 0 unspecified atom stereocenters. The number of benzene rings is 1. The molecule has 126 valence electrons. The number of nitrogens with one attached hydrogen (secondary N) is 2.